The maximum Gasteiger partial charge on any atom is 0.410 e. The maximum atomic E-state index is 13.0. The lowest BCUT2D eigenvalue weighted by atomic mass is 9.90. The normalized spacial score (nSPS) is 17.7. The van der Waals surface area contributed by atoms with Crippen molar-refractivity contribution >= 4 is 18.2 Å². The number of amides is 2. The minimum atomic E-state index is -0.390. The monoisotopic (exact) mass is 412 g/mol. The average molecular weight is 412 g/mol. The van der Waals surface area contributed by atoms with Crippen LogP contribution in [0.25, 0.3) is 0 Å². The van der Waals surface area contributed by atoms with E-state index in [1.807, 2.05) is 43.3 Å². The lowest BCUT2D eigenvalue weighted by Crippen LogP contribution is -2.44. The molecule has 2 atom stereocenters. The molecule has 0 bridgehead atoms. The fourth-order valence-corrected chi connectivity index (χ4v) is 3.92. The molecule has 2 aromatic rings. The van der Waals surface area contributed by atoms with Crippen molar-refractivity contribution in [3.8, 4) is 11.5 Å². The van der Waals surface area contributed by atoms with Crippen LogP contribution < -0.4 is 14.4 Å². The third-order valence-corrected chi connectivity index (χ3v) is 5.40. The fraction of sp³-hybridized carbons (Fsp3) is 0.391. The molecule has 0 aromatic heterocycles. The van der Waals surface area contributed by atoms with Crippen molar-refractivity contribution in [2.45, 2.75) is 38.9 Å². The topological polar surface area (TPSA) is 68.3 Å². The predicted octanol–water partition coefficient (Wildman–Crippen LogP) is 4.16. The number of nitrogens with zero attached hydrogens (tertiary/aromatic N) is 2. The highest BCUT2D eigenvalue weighted by atomic mass is 16.6. The van der Waals surface area contributed by atoms with E-state index in [0.717, 1.165) is 17.5 Å². The van der Waals surface area contributed by atoms with Crippen molar-refractivity contribution in [1.82, 2.24) is 4.90 Å². The van der Waals surface area contributed by atoms with Gasteiger partial charge in [-0.1, -0.05) is 30.3 Å². The van der Waals surface area contributed by atoms with Crippen LogP contribution in [-0.4, -0.2) is 44.3 Å². The molecule has 1 aliphatic rings. The van der Waals surface area contributed by atoms with E-state index in [4.69, 9.17) is 14.2 Å². The smallest absolute Gasteiger partial charge is 0.410 e. The van der Waals surface area contributed by atoms with Crippen molar-refractivity contribution in [3.63, 3.8) is 0 Å². The first-order valence-electron chi connectivity index (χ1n) is 10.0. The lowest BCUT2D eigenvalue weighted by Gasteiger charge is -2.42. The lowest BCUT2D eigenvalue weighted by molar-refractivity contribution is -0.108. The predicted molar refractivity (Wildman–Crippen MR) is 114 cm³/mol. The van der Waals surface area contributed by atoms with Crippen LogP contribution in [0.3, 0.4) is 0 Å². The van der Waals surface area contributed by atoms with Crippen molar-refractivity contribution in [3.05, 3.63) is 53.6 Å². The number of methoxy groups -OCH3 is 2. The Hall–Kier alpha value is -3.22. The molecule has 2 aromatic carbocycles. The van der Waals surface area contributed by atoms with Crippen LogP contribution in [0.1, 0.15) is 37.4 Å². The minimum absolute atomic E-state index is 0.106. The molecule has 2 unspecified atom stereocenters. The molecule has 0 aliphatic carbocycles. The van der Waals surface area contributed by atoms with Gasteiger partial charge in [-0.15, -0.1) is 0 Å². The van der Waals surface area contributed by atoms with E-state index < -0.39 is 0 Å². The van der Waals surface area contributed by atoms with Crippen LogP contribution in [0, 0.1) is 0 Å². The van der Waals surface area contributed by atoms with Crippen molar-refractivity contribution in [2.75, 3.05) is 25.7 Å². The molecule has 0 radical (unpaired) electrons. The van der Waals surface area contributed by atoms with Crippen LogP contribution >= 0.6 is 0 Å². The second-order valence-corrected chi connectivity index (χ2v) is 7.19. The zero-order valence-corrected chi connectivity index (χ0v) is 17.8. The van der Waals surface area contributed by atoms with Crippen LogP contribution in [0.5, 0.6) is 11.5 Å². The summed E-state index contributed by atoms with van der Waals surface area (Å²) in [5, 5.41) is 0. The van der Waals surface area contributed by atoms with E-state index in [-0.39, 0.29) is 24.8 Å². The molecule has 0 spiro atoms. The summed E-state index contributed by atoms with van der Waals surface area (Å²) in [6.07, 6.45) is 1.00. The number of ether oxygens (including phenoxy) is 3. The average Bonchev–Trinajstić information content (AvgIpc) is 2.77. The highest BCUT2D eigenvalue weighted by Crippen LogP contribution is 2.45. The Kier molecular flexibility index (Phi) is 6.82. The molecular weight excluding hydrogens is 384 g/mol. The van der Waals surface area contributed by atoms with E-state index in [9.17, 15) is 9.59 Å². The first kappa shape index (κ1) is 21.5. The Labute approximate surface area is 177 Å². The molecule has 0 saturated heterocycles. The molecule has 1 heterocycles. The van der Waals surface area contributed by atoms with Gasteiger partial charge in [0.25, 0.3) is 0 Å². The Bertz CT molecular complexity index is 887. The Morgan fingerprint density at radius 1 is 1.17 bits per heavy atom. The Morgan fingerprint density at radius 3 is 2.43 bits per heavy atom. The molecular formula is C23H28N2O5. The third kappa shape index (κ3) is 4.20. The second-order valence-electron chi connectivity index (χ2n) is 7.19. The molecule has 7 heteroatoms. The molecule has 2 amide bonds. The SMILES string of the molecule is CCOC(=O)N(Cc1ccccc1)C1CC(C)N(C=O)c2cc(OC)c(OC)cc21. The Morgan fingerprint density at radius 2 is 1.83 bits per heavy atom. The first-order valence-corrected chi connectivity index (χ1v) is 10.0. The number of hydrogen-bond acceptors (Lipinski definition) is 5. The number of carbonyl (C=O) groups is 2. The van der Waals surface area contributed by atoms with Gasteiger partial charge >= 0.3 is 6.09 Å². The summed E-state index contributed by atoms with van der Waals surface area (Å²) in [5.74, 6) is 1.08. The number of anilines is 1. The van der Waals surface area contributed by atoms with Gasteiger partial charge in [-0.25, -0.2) is 4.79 Å². The van der Waals surface area contributed by atoms with Gasteiger partial charge in [-0.2, -0.15) is 0 Å². The molecule has 3 rings (SSSR count). The van der Waals surface area contributed by atoms with Gasteiger partial charge in [0.1, 0.15) is 0 Å². The molecule has 7 nitrogen and oxygen atoms in total. The standard InChI is InChI=1S/C23H28N2O5/c1-5-30-23(27)24(14-17-9-7-6-8-10-17)19-11-16(2)25(15-26)20-13-22(29-4)21(28-3)12-18(19)20/h6-10,12-13,15-16,19H,5,11,14H2,1-4H3. The molecule has 160 valence electrons. The van der Waals surface area contributed by atoms with Gasteiger partial charge in [0.2, 0.25) is 6.41 Å². The first-order chi connectivity index (χ1) is 14.5. The van der Waals surface area contributed by atoms with Crippen LogP contribution in [0.2, 0.25) is 0 Å². The van der Waals surface area contributed by atoms with E-state index in [0.29, 0.717) is 30.2 Å². The highest BCUT2D eigenvalue weighted by molar-refractivity contribution is 5.82. The highest BCUT2D eigenvalue weighted by Gasteiger charge is 2.37. The van der Waals surface area contributed by atoms with Crippen molar-refractivity contribution in [1.29, 1.82) is 0 Å². The molecule has 30 heavy (non-hydrogen) atoms. The fourth-order valence-electron chi connectivity index (χ4n) is 3.92. The van der Waals surface area contributed by atoms with E-state index in [1.165, 1.54) is 0 Å². The van der Waals surface area contributed by atoms with Gasteiger partial charge in [0.05, 0.1) is 32.6 Å². The van der Waals surface area contributed by atoms with Crippen molar-refractivity contribution in [2.24, 2.45) is 0 Å². The van der Waals surface area contributed by atoms with Crippen LogP contribution in [0.4, 0.5) is 10.5 Å². The summed E-state index contributed by atoms with van der Waals surface area (Å²) in [6, 6.07) is 13.0. The largest absolute Gasteiger partial charge is 0.493 e. The van der Waals surface area contributed by atoms with Gasteiger partial charge in [-0.3, -0.25) is 9.69 Å². The summed E-state index contributed by atoms with van der Waals surface area (Å²) in [7, 11) is 3.12. The van der Waals surface area contributed by atoms with Crippen LogP contribution in [0.15, 0.2) is 42.5 Å². The Balaban J connectivity index is 2.11. The summed E-state index contributed by atoms with van der Waals surface area (Å²) in [5.41, 5.74) is 2.52. The summed E-state index contributed by atoms with van der Waals surface area (Å²) >= 11 is 0. The minimum Gasteiger partial charge on any atom is -0.493 e. The summed E-state index contributed by atoms with van der Waals surface area (Å²) in [6.45, 7) is 4.43. The molecule has 0 fully saturated rings. The third-order valence-electron chi connectivity index (χ3n) is 5.40. The zero-order chi connectivity index (χ0) is 21.7. The molecule has 1 aliphatic heterocycles. The van der Waals surface area contributed by atoms with Gasteiger partial charge in [0.15, 0.2) is 11.5 Å². The number of carbonyl (C=O) groups excluding carboxylic acids is 2. The van der Waals surface area contributed by atoms with E-state index in [1.54, 1.807) is 37.0 Å². The summed E-state index contributed by atoms with van der Waals surface area (Å²) in [4.78, 5) is 28.2. The van der Waals surface area contributed by atoms with Gasteiger partial charge in [-0.05, 0) is 31.9 Å². The van der Waals surface area contributed by atoms with E-state index >= 15 is 0 Å². The zero-order valence-electron chi connectivity index (χ0n) is 17.8. The summed E-state index contributed by atoms with van der Waals surface area (Å²) < 4.78 is 16.3. The van der Waals surface area contributed by atoms with Crippen LogP contribution in [-0.2, 0) is 16.1 Å². The molecule has 0 N–H and O–H groups in total. The number of benzene rings is 2. The van der Waals surface area contributed by atoms with Gasteiger partial charge in [0, 0.05) is 24.2 Å². The number of rotatable bonds is 7. The quantitative estimate of drug-likeness (QED) is 0.639. The maximum absolute atomic E-state index is 13.0. The van der Waals surface area contributed by atoms with E-state index in [2.05, 4.69) is 0 Å². The number of hydrogen-bond donors (Lipinski definition) is 0. The van der Waals surface area contributed by atoms with Gasteiger partial charge < -0.3 is 19.1 Å². The molecule has 0 saturated carbocycles. The van der Waals surface area contributed by atoms with Crippen molar-refractivity contribution < 1.29 is 23.8 Å². The second kappa shape index (κ2) is 9.52. The number of fused-ring (bicyclic) bond motifs is 1.